The highest BCUT2D eigenvalue weighted by Gasteiger charge is 2.25. The summed E-state index contributed by atoms with van der Waals surface area (Å²) in [6, 6.07) is 1.10. The van der Waals surface area contributed by atoms with Crippen molar-refractivity contribution in [2.45, 2.75) is 26.0 Å². The number of benzene rings is 1. The van der Waals surface area contributed by atoms with E-state index in [-0.39, 0.29) is 34.5 Å². The van der Waals surface area contributed by atoms with Gasteiger partial charge in [0.1, 0.15) is 6.61 Å². The third kappa shape index (κ3) is 5.80. The van der Waals surface area contributed by atoms with Gasteiger partial charge in [0.15, 0.2) is 34.4 Å². The van der Waals surface area contributed by atoms with Gasteiger partial charge >= 0.3 is 5.97 Å². The van der Waals surface area contributed by atoms with E-state index in [2.05, 4.69) is 20.3 Å². The summed E-state index contributed by atoms with van der Waals surface area (Å²) in [5.41, 5.74) is 4.03. The molecule has 1 heterocycles. The summed E-state index contributed by atoms with van der Waals surface area (Å²) in [6.45, 7) is 2.38. The first-order chi connectivity index (χ1) is 15.1. The van der Waals surface area contributed by atoms with Crippen LogP contribution in [0.2, 0.25) is 0 Å². The molecule has 2 rings (SSSR count). The first-order valence-corrected chi connectivity index (χ1v) is 9.14. The Kier molecular flexibility index (Phi) is 7.88. The molecule has 1 aromatic heterocycles. The number of carbonyl (C=O) groups is 1. The van der Waals surface area contributed by atoms with E-state index in [1.54, 1.807) is 0 Å². The van der Waals surface area contributed by atoms with Crippen molar-refractivity contribution in [1.82, 2.24) is 9.97 Å². The fourth-order valence-electron chi connectivity index (χ4n) is 2.21. The molecule has 0 fully saturated rings. The second-order valence-corrected chi connectivity index (χ2v) is 6.79. The van der Waals surface area contributed by atoms with Crippen LogP contribution in [0.4, 0.5) is 14.7 Å². The number of aliphatic carboxylic acids is 1. The number of aliphatic imine (C=N–C) groups is 1. The molecule has 2 aromatic rings. The molecule has 12 heteroatoms. The van der Waals surface area contributed by atoms with Gasteiger partial charge in [0, 0.05) is 18.5 Å². The number of carboxylic acid groups (broad SMARTS) is 1. The molecule has 0 saturated carbocycles. The summed E-state index contributed by atoms with van der Waals surface area (Å²) < 4.78 is 43.9. The molecule has 0 spiro atoms. The Morgan fingerprint density at radius 3 is 2.25 bits per heavy atom. The molecule has 0 radical (unpaired) electrons. The summed E-state index contributed by atoms with van der Waals surface area (Å²) in [5.74, 6) is -3.07. The summed E-state index contributed by atoms with van der Waals surface area (Å²) in [7, 11) is 2.49. The molecule has 4 N–H and O–H groups in total. The molecule has 0 aliphatic heterocycles. The summed E-state index contributed by atoms with van der Waals surface area (Å²) in [4.78, 5) is 23.1. The highest BCUT2D eigenvalue weighted by Crippen LogP contribution is 2.31. The fraction of sp³-hybridized carbons (Fsp3) is 0.300. The number of allylic oxidation sites excluding steroid dienone is 1. The Labute approximate surface area is 182 Å². The Morgan fingerprint density at radius 1 is 1.22 bits per heavy atom. The van der Waals surface area contributed by atoms with Crippen LogP contribution in [0.25, 0.3) is 0 Å². The number of ether oxygens (including phenoxy) is 3. The first-order valence-electron chi connectivity index (χ1n) is 9.14. The van der Waals surface area contributed by atoms with E-state index < -0.39 is 29.7 Å². The lowest BCUT2D eigenvalue weighted by Gasteiger charge is -2.14. The second-order valence-electron chi connectivity index (χ2n) is 6.79. The van der Waals surface area contributed by atoms with Gasteiger partial charge in [-0.15, -0.1) is 0 Å². The van der Waals surface area contributed by atoms with Crippen LogP contribution in [0.3, 0.4) is 0 Å². The molecule has 1 aromatic carbocycles. The minimum atomic E-state index is -1.35. The number of carboxylic acids is 1. The summed E-state index contributed by atoms with van der Waals surface area (Å²) in [5, 5.41) is 11.8. The number of anilines is 1. The van der Waals surface area contributed by atoms with Crippen molar-refractivity contribution in [3.8, 4) is 17.2 Å². The van der Waals surface area contributed by atoms with Crippen LogP contribution in [0, 0.1) is 11.6 Å². The molecule has 0 atom stereocenters. The maximum atomic E-state index is 14.4. The molecule has 0 saturated heterocycles. The van der Waals surface area contributed by atoms with E-state index in [9.17, 15) is 13.6 Å². The lowest BCUT2D eigenvalue weighted by molar-refractivity contribution is -0.141. The number of halogens is 2. The monoisotopic (exact) mass is 451 g/mol. The maximum absolute atomic E-state index is 14.4. The molecule has 0 unspecified atom stereocenters. The highest BCUT2D eigenvalue weighted by atomic mass is 19.1. The Bertz CT molecular complexity index is 998. The van der Waals surface area contributed by atoms with Crippen molar-refractivity contribution in [3.05, 3.63) is 47.6 Å². The molecule has 32 heavy (non-hydrogen) atoms. The molecular weight excluding hydrogens is 428 g/mol. The van der Waals surface area contributed by atoms with Crippen LogP contribution in [0.1, 0.15) is 19.4 Å². The van der Waals surface area contributed by atoms with Crippen molar-refractivity contribution in [3.63, 3.8) is 0 Å². The van der Waals surface area contributed by atoms with Crippen LogP contribution < -0.4 is 25.3 Å². The van der Waals surface area contributed by atoms with Crippen molar-refractivity contribution in [2.75, 3.05) is 19.5 Å². The van der Waals surface area contributed by atoms with Gasteiger partial charge in [-0.2, -0.15) is 0 Å². The van der Waals surface area contributed by atoms with E-state index in [4.69, 9.17) is 25.1 Å². The smallest absolute Gasteiger partial charge is 0.330 e. The van der Waals surface area contributed by atoms with E-state index in [0.717, 1.165) is 12.3 Å². The van der Waals surface area contributed by atoms with E-state index in [1.165, 1.54) is 46.7 Å². The zero-order valence-corrected chi connectivity index (χ0v) is 17.8. The van der Waals surface area contributed by atoms with Gasteiger partial charge in [-0.1, -0.05) is 0 Å². The minimum Gasteiger partial charge on any atom is -0.494 e. The number of methoxy groups -OCH3 is 2. The van der Waals surface area contributed by atoms with E-state index in [0.29, 0.717) is 0 Å². The normalized spacial score (nSPS) is 12.0. The number of aromatic nitrogens is 2. The number of rotatable bonds is 10. The topological polar surface area (TPSA) is 141 Å². The average molecular weight is 451 g/mol. The summed E-state index contributed by atoms with van der Waals surface area (Å²) >= 11 is 0. The number of hydrogen-bond donors (Lipinski definition) is 3. The SMILES string of the molecule is COc1cc(OC)c(F)c(COc2cnc(N/C(C=NC(C)(C)C(=O)O)=C/N)nc2)c1F. The minimum absolute atomic E-state index is 0.106. The average Bonchev–Trinajstić information content (AvgIpc) is 2.77. The van der Waals surface area contributed by atoms with Crippen LogP contribution in [0.15, 0.2) is 35.3 Å². The van der Waals surface area contributed by atoms with Crippen molar-refractivity contribution in [2.24, 2.45) is 10.7 Å². The molecule has 0 aliphatic rings. The van der Waals surface area contributed by atoms with Gasteiger partial charge in [-0.3, -0.25) is 4.99 Å². The van der Waals surface area contributed by atoms with Crippen LogP contribution in [0.5, 0.6) is 17.2 Å². The van der Waals surface area contributed by atoms with Crippen LogP contribution >= 0.6 is 0 Å². The summed E-state index contributed by atoms with van der Waals surface area (Å²) in [6.07, 6.45) is 4.95. The second kappa shape index (κ2) is 10.4. The Hall–Kier alpha value is -3.96. The maximum Gasteiger partial charge on any atom is 0.330 e. The third-order valence-electron chi connectivity index (χ3n) is 4.16. The molecule has 172 valence electrons. The number of nitrogens with two attached hydrogens (primary N) is 1. The van der Waals surface area contributed by atoms with Gasteiger partial charge in [-0.05, 0) is 13.8 Å². The van der Waals surface area contributed by atoms with Gasteiger partial charge in [0.25, 0.3) is 0 Å². The molecule has 0 amide bonds. The number of hydrogen-bond acceptors (Lipinski definition) is 9. The van der Waals surface area contributed by atoms with Crippen molar-refractivity contribution in [1.29, 1.82) is 0 Å². The molecular formula is C20H23F2N5O5. The van der Waals surface area contributed by atoms with Gasteiger partial charge in [0.05, 0.1) is 37.9 Å². The Balaban J connectivity index is 2.09. The lowest BCUT2D eigenvalue weighted by atomic mass is 10.1. The predicted octanol–water partition coefficient (Wildman–Crippen LogP) is 2.50. The van der Waals surface area contributed by atoms with Crippen LogP contribution in [-0.4, -0.2) is 47.0 Å². The largest absolute Gasteiger partial charge is 0.494 e. The van der Waals surface area contributed by atoms with Gasteiger partial charge in [0.2, 0.25) is 5.95 Å². The molecule has 0 bridgehead atoms. The standard InChI is InChI=1S/C20H23F2N5O5/c1-20(2,18(28)29)26-7-11(6-23)27-19-24-8-12(9-25-19)32-10-13-16(21)14(30-3)5-15(31-4)17(13)22/h5-9H,10,23H2,1-4H3,(H,28,29)(H,24,25,27)/b11-6+,26-7?. The fourth-order valence-corrected chi connectivity index (χ4v) is 2.21. The molecule has 10 nitrogen and oxygen atoms in total. The van der Waals surface area contributed by atoms with Crippen LogP contribution in [-0.2, 0) is 11.4 Å². The highest BCUT2D eigenvalue weighted by molar-refractivity contribution is 5.86. The first kappa shape index (κ1) is 24.3. The van der Waals surface area contributed by atoms with E-state index in [1.807, 2.05) is 0 Å². The van der Waals surface area contributed by atoms with Gasteiger partial charge in [-0.25, -0.2) is 23.5 Å². The zero-order valence-electron chi connectivity index (χ0n) is 17.8. The Morgan fingerprint density at radius 2 is 1.78 bits per heavy atom. The van der Waals surface area contributed by atoms with Gasteiger partial charge < -0.3 is 30.4 Å². The van der Waals surface area contributed by atoms with E-state index >= 15 is 0 Å². The third-order valence-corrected chi connectivity index (χ3v) is 4.16. The van der Waals surface area contributed by atoms with Crippen molar-refractivity contribution >= 4 is 18.1 Å². The zero-order chi connectivity index (χ0) is 23.9. The molecule has 0 aliphatic carbocycles. The number of nitrogens with one attached hydrogen (secondary N) is 1. The quantitative estimate of drug-likeness (QED) is 0.465. The lowest BCUT2D eigenvalue weighted by Crippen LogP contribution is -2.29. The predicted molar refractivity (Wildman–Crippen MR) is 112 cm³/mol. The number of nitrogens with zero attached hydrogens (tertiary/aromatic N) is 3. The van der Waals surface area contributed by atoms with Crippen molar-refractivity contribution < 1.29 is 32.9 Å².